The Morgan fingerprint density at radius 2 is 1.70 bits per heavy atom. The van der Waals surface area contributed by atoms with Gasteiger partial charge >= 0.3 is 5.97 Å². The van der Waals surface area contributed by atoms with Crippen LogP contribution in [0.1, 0.15) is 63.6 Å². The fraction of sp³-hybridized carbons (Fsp3) is 0.382. The van der Waals surface area contributed by atoms with Crippen molar-refractivity contribution in [1.29, 1.82) is 5.26 Å². The molecular weight excluding hydrogens is 607 g/mol. The topological polar surface area (TPSA) is 91.2 Å². The molecule has 3 aromatic rings. The number of anilines is 1. The van der Waals surface area contributed by atoms with E-state index >= 15 is 8.78 Å². The van der Waals surface area contributed by atoms with Crippen molar-refractivity contribution < 1.29 is 23.1 Å². The molecule has 44 heavy (non-hydrogen) atoms. The number of methoxy groups -OCH3 is 1. The van der Waals surface area contributed by atoms with Gasteiger partial charge in [0.25, 0.3) is 0 Å². The Hall–Kier alpha value is -3.51. The van der Waals surface area contributed by atoms with E-state index < -0.39 is 52.3 Å². The normalized spacial score (nSPS) is 21.9. The van der Waals surface area contributed by atoms with Crippen molar-refractivity contribution >= 4 is 40.8 Å². The fourth-order valence-electron chi connectivity index (χ4n) is 6.12. The first kappa shape index (κ1) is 33.4. The number of amides is 1. The van der Waals surface area contributed by atoms with Crippen LogP contribution in [-0.4, -0.2) is 31.1 Å². The van der Waals surface area contributed by atoms with Crippen molar-refractivity contribution in [3.8, 4) is 6.07 Å². The summed E-state index contributed by atoms with van der Waals surface area (Å²) in [6.45, 7) is 9.36. The van der Waals surface area contributed by atoms with Gasteiger partial charge in [0.1, 0.15) is 17.0 Å². The molecule has 6 nitrogen and oxygen atoms in total. The Bertz CT molecular complexity index is 1620. The molecule has 0 unspecified atom stereocenters. The van der Waals surface area contributed by atoms with Gasteiger partial charge in [0.05, 0.1) is 29.7 Å². The number of hydrogen-bond acceptors (Lipinski definition) is 5. The Morgan fingerprint density at radius 1 is 1.05 bits per heavy atom. The van der Waals surface area contributed by atoms with Gasteiger partial charge in [0.2, 0.25) is 5.91 Å². The van der Waals surface area contributed by atoms with E-state index in [2.05, 4.69) is 16.7 Å². The van der Waals surface area contributed by atoms with Crippen molar-refractivity contribution in [2.24, 2.45) is 5.41 Å². The Labute approximate surface area is 266 Å². The summed E-state index contributed by atoms with van der Waals surface area (Å²) >= 11 is 12.3. The summed E-state index contributed by atoms with van der Waals surface area (Å²) in [5.41, 5.74) is -1.93. The molecule has 4 rings (SSSR count). The maximum absolute atomic E-state index is 15.8. The van der Waals surface area contributed by atoms with Crippen molar-refractivity contribution in [3.05, 3.63) is 99.0 Å². The molecular formula is C34H35Cl2F2N3O3. The zero-order valence-electron chi connectivity index (χ0n) is 25.4. The second kappa shape index (κ2) is 12.5. The van der Waals surface area contributed by atoms with Crippen LogP contribution in [0.2, 0.25) is 10.0 Å². The highest BCUT2D eigenvalue weighted by molar-refractivity contribution is 6.31. The molecule has 0 spiro atoms. The second-order valence-electron chi connectivity index (χ2n) is 12.9. The molecule has 0 aliphatic carbocycles. The lowest BCUT2D eigenvalue weighted by atomic mass is 9.62. The van der Waals surface area contributed by atoms with Crippen LogP contribution >= 0.6 is 23.2 Å². The van der Waals surface area contributed by atoms with E-state index in [9.17, 15) is 14.9 Å². The zero-order chi connectivity index (χ0) is 32.6. The highest BCUT2D eigenvalue weighted by Crippen LogP contribution is 2.53. The Kier molecular flexibility index (Phi) is 9.46. The van der Waals surface area contributed by atoms with Crippen LogP contribution in [0.3, 0.4) is 0 Å². The number of benzene rings is 3. The summed E-state index contributed by atoms with van der Waals surface area (Å²) in [7, 11) is 1.32. The molecule has 4 atom stereocenters. The van der Waals surface area contributed by atoms with Crippen LogP contribution in [0.4, 0.5) is 14.5 Å². The average molecular weight is 643 g/mol. The quantitative estimate of drug-likeness (QED) is 0.258. The second-order valence-corrected chi connectivity index (χ2v) is 13.7. The Balaban J connectivity index is 1.86. The number of nitrogens with one attached hydrogen (secondary N) is 2. The number of ether oxygens (including phenoxy) is 1. The van der Waals surface area contributed by atoms with Crippen LogP contribution in [0.5, 0.6) is 0 Å². The molecule has 0 bridgehead atoms. The number of nitriles is 1. The number of halogens is 4. The first-order valence-corrected chi connectivity index (χ1v) is 14.9. The standard InChI is InChI=1S/C34H35Cl2F2N3O3/c1-32(2,3)17-26-34(18-39,23-15-12-20(35)16-25(23)37)27(22-8-7-9-24(36)28(22)38)29(41-26)30(42)40-21-13-10-19(11-14-21)33(4,5)31(43)44-6/h7-16,26-27,29,41H,17H2,1-6H3,(H,40,42)/t26-,27-,29+,34-/m0/s1. The fourth-order valence-corrected chi connectivity index (χ4v) is 6.46. The first-order valence-electron chi connectivity index (χ1n) is 14.1. The minimum atomic E-state index is -1.73. The van der Waals surface area contributed by atoms with E-state index in [1.807, 2.05) is 20.8 Å². The van der Waals surface area contributed by atoms with Gasteiger partial charge in [0, 0.05) is 28.2 Å². The maximum atomic E-state index is 15.8. The molecule has 1 fully saturated rings. The van der Waals surface area contributed by atoms with E-state index in [1.54, 1.807) is 38.1 Å². The van der Waals surface area contributed by atoms with Crippen LogP contribution < -0.4 is 10.6 Å². The summed E-state index contributed by atoms with van der Waals surface area (Å²) in [6.07, 6.45) is 0.350. The minimum Gasteiger partial charge on any atom is -0.468 e. The third kappa shape index (κ3) is 6.19. The third-order valence-electron chi connectivity index (χ3n) is 8.30. The molecule has 0 radical (unpaired) electrons. The summed E-state index contributed by atoms with van der Waals surface area (Å²) < 4.78 is 36.5. The van der Waals surface area contributed by atoms with Gasteiger partial charge in [-0.25, -0.2) is 8.78 Å². The van der Waals surface area contributed by atoms with E-state index in [-0.39, 0.29) is 26.6 Å². The smallest absolute Gasteiger partial charge is 0.315 e. The average Bonchev–Trinajstić information content (AvgIpc) is 3.27. The van der Waals surface area contributed by atoms with E-state index in [0.717, 1.165) is 6.07 Å². The van der Waals surface area contributed by atoms with Crippen molar-refractivity contribution in [2.75, 3.05) is 12.4 Å². The summed E-state index contributed by atoms with van der Waals surface area (Å²) in [6, 6.07) is 15.5. The SMILES string of the molecule is COC(=O)C(C)(C)c1ccc(NC(=O)[C@@H]2N[C@@H](CC(C)(C)C)[C@](C#N)(c3ccc(Cl)cc3F)[C@H]2c2cccc(Cl)c2F)cc1. The lowest BCUT2D eigenvalue weighted by Gasteiger charge is -2.37. The third-order valence-corrected chi connectivity index (χ3v) is 8.83. The van der Waals surface area contributed by atoms with Gasteiger partial charge in [0.15, 0.2) is 0 Å². The van der Waals surface area contributed by atoms with Crippen LogP contribution in [0.15, 0.2) is 60.7 Å². The van der Waals surface area contributed by atoms with E-state index in [1.165, 1.54) is 37.4 Å². The number of rotatable bonds is 7. The molecule has 10 heteroatoms. The molecule has 1 saturated heterocycles. The van der Waals surface area contributed by atoms with E-state index in [4.69, 9.17) is 27.9 Å². The molecule has 1 heterocycles. The van der Waals surface area contributed by atoms with Crippen LogP contribution in [0, 0.1) is 28.4 Å². The molecule has 0 saturated carbocycles. The highest BCUT2D eigenvalue weighted by atomic mass is 35.5. The monoisotopic (exact) mass is 641 g/mol. The van der Waals surface area contributed by atoms with Gasteiger partial charge in [-0.3, -0.25) is 9.59 Å². The summed E-state index contributed by atoms with van der Waals surface area (Å²) in [5, 5.41) is 17.1. The number of carbonyl (C=O) groups excluding carboxylic acids is 2. The number of hydrogen-bond donors (Lipinski definition) is 2. The van der Waals surface area contributed by atoms with Gasteiger partial charge in [-0.2, -0.15) is 5.26 Å². The molecule has 1 aliphatic rings. The van der Waals surface area contributed by atoms with Crippen molar-refractivity contribution in [3.63, 3.8) is 0 Å². The molecule has 3 aromatic carbocycles. The lowest BCUT2D eigenvalue weighted by molar-refractivity contribution is -0.146. The predicted molar refractivity (Wildman–Crippen MR) is 168 cm³/mol. The molecule has 1 aliphatic heterocycles. The van der Waals surface area contributed by atoms with Gasteiger partial charge in [-0.1, -0.05) is 74.3 Å². The molecule has 232 valence electrons. The number of esters is 1. The summed E-state index contributed by atoms with van der Waals surface area (Å²) in [4.78, 5) is 26.4. The lowest BCUT2D eigenvalue weighted by Crippen LogP contribution is -2.45. The first-order chi connectivity index (χ1) is 20.6. The number of carbonyl (C=O) groups is 2. The van der Waals surface area contributed by atoms with E-state index in [0.29, 0.717) is 17.7 Å². The predicted octanol–water partition coefficient (Wildman–Crippen LogP) is 7.68. The molecule has 1 amide bonds. The van der Waals surface area contributed by atoms with Crippen molar-refractivity contribution in [2.45, 2.75) is 69.9 Å². The zero-order valence-corrected chi connectivity index (χ0v) is 26.9. The minimum absolute atomic E-state index is 0.000204. The maximum Gasteiger partial charge on any atom is 0.315 e. The van der Waals surface area contributed by atoms with Gasteiger partial charge in [-0.15, -0.1) is 0 Å². The molecule has 2 N–H and O–H groups in total. The van der Waals surface area contributed by atoms with Gasteiger partial charge in [-0.05, 0) is 67.1 Å². The van der Waals surface area contributed by atoms with Crippen LogP contribution in [0.25, 0.3) is 0 Å². The highest BCUT2D eigenvalue weighted by Gasteiger charge is 2.61. The summed E-state index contributed by atoms with van der Waals surface area (Å²) in [5.74, 6) is -3.69. The Morgan fingerprint density at radius 3 is 2.27 bits per heavy atom. The van der Waals surface area contributed by atoms with Crippen molar-refractivity contribution in [1.82, 2.24) is 5.32 Å². The van der Waals surface area contributed by atoms with Gasteiger partial charge < -0.3 is 15.4 Å². The largest absolute Gasteiger partial charge is 0.468 e. The molecule has 0 aromatic heterocycles. The number of nitrogens with zero attached hydrogens (tertiary/aromatic N) is 1. The van der Waals surface area contributed by atoms with Crippen LogP contribution in [-0.2, 0) is 25.2 Å².